The number of benzene rings is 5. The van der Waals surface area contributed by atoms with Gasteiger partial charge in [0, 0.05) is 32.9 Å². The predicted octanol–water partition coefficient (Wildman–Crippen LogP) is 9.17. The molecule has 0 fully saturated rings. The van der Waals surface area contributed by atoms with Gasteiger partial charge in [0.25, 0.3) is 0 Å². The fourth-order valence-corrected chi connectivity index (χ4v) is 5.64. The Morgan fingerprint density at radius 1 is 0.472 bits per heavy atom. The molecule has 2 heteroatoms. The van der Waals surface area contributed by atoms with Crippen molar-refractivity contribution in [2.45, 2.75) is 0 Å². The highest BCUT2D eigenvalue weighted by Gasteiger charge is 2.20. The van der Waals surface area contributed by atoms with E-state index >= 15 is 0 Å². The van der Waals surface area contributed by atoms with Crippen LogP contribution < -0.4 is 0 Å². The quantitative estimate of drug-likeness (QED) is 0.248. The second-order valence-electron chi connectivity index (χ2n) is 9.16. The minimum absolute atomic E-state index is 1.11. The van der Waals surface area contributed by atoms with Gasteiger partial charge in [-0.05, 0) is 53.6 Å². The summed E-state index contributed by atoms with van der Waals surface area (Å²) in [6, 6.07) is 39.1. The van der Waals surface area contributed by atoms with Gasteiger partial charge in [-0.3, -0.25) is 0 Å². The largest absolute Gasteiger partial charge is 0.309 e. The first kappa shape index (κ1) is 20.5. The molecule has 0 bridgehead atoms. The zero-order chi connectivity index (χ0) is 24.2. The molecule has 0 aliphatic carbocycles. The fourth-order valence-electron chi connectivity index (χ4n) is 5.64. The Labute approximate surface area is 209 Å². The molecule has 0 unspecified atom stereocenters. The molecule has 0 aliphatic heterocycles. The van der Waals surface area contributed by atoms with Crippen molar-refractivity contribution in [3.63, 3.8) is 0 Å². The summed E-state index contributed by atoms with van der Waals surface area (Å²) in [7, 11) is 0. The van der Waals surface area contributed by atoms with Gasteiger partial charge >= 0.3 is 0 Å². The van der Waals surface area contributed by atoms with Gasteiger partial charge in [0.15, 0.2) is 0 Å². The standard InChI is InChI=1S/C34H24N2/c1-3-23-11-9-13-25(21-23)35-31-18-8-6-16-29(31)33-32(35)20-19-28-27-15-5-7-17-30(27)36(34(28)33)26-14-10-12-24(4-2)22-26/h3-22H,1-2H2. The van der Waals surface area contributed by atoms with Gasteiger partial charge < -0.3 is 9.13 Å². The Morgan fingerprint density at radius 3 is 1.72 bits per heavy atom. The van der Waals surface area contributed by atoms with Gasteiger partial charge in [-0.15, -0.1) is 0 Å². The molecule has 0 saturated carbocycles. The van der Waals surface area contributed by atoms with E-state index in [1.807, 2.05) is 12.2 Å². The molecule has 0 spiro atoms. The van der Waals surface area contributed by atoms with E-state index in [1.165, 1.54) is 43.6 Å². The Kier molecular flexibility index (Phi) is 4.49. The van der Waals surface area contributed by atoms with E-state index in [0.29, 0.717) is 0 Å². The summed E-state index contributed by atoms with van der Waals surface area (Å²) in [4.78, 5) is 0. The fraction of sp³-hybridized carbons (Fsp3) is 0. The van der Waals surface area contributed by atoms with Gasteiger partial charge in [0.2, 0.25) is 0 Å². The van der Waals surface area contributed by atoms with Crippen LogP contribution in [-0.4, -0.2) is 9.13 Å². The van der Waals surface area contributed by atoms with Crippen LogP contribution in [0.25, 0.3) is 67.1 Å². The molecule has 0 radical (unpaired) electrons. The van der Waals surface area contributed by atoms with E-state index in [0.717, 1.165) is 22.5 Å². The number of para-hydroxylation sites is 2. The van der Waals surface area contributed by atoms with E-state index < -0.39 is 0 Å². The maximum absolute atomic E-state index is 4.00. The molecule has 2 nitrogen and oxygen atoms in total. The Bertz CT molecular complexity index is 1980. The molecule has 2 heterocycles. The lowest BCUT2D eigenvalue weighted by Crippen LogP contribution is -1.96. The van der Waals surface area contributed by atoms with E-state index in [-0.39, 0.29) is 0 Å². The van der Waals surface area contributed by atoms with Gasteiger partial charge in [0.1, 0.15) is 0 Å². The van der Waals surface area contributed by atoms with E-state index in [9.17, 15) is 0 Å². The highest BCUT2D eigenvalue weighted by Crippen LogP contribution is 2.41. The summed E-state index contributed by atoms with van der Waals surface area (Å²) in [6.45, 7) is 7.98. The second-order valence-corrected chi connectivity index (χ2v) is 9.16. The van der Waals surface area contributed by atoms with Crippen LogP contribution in [0.2, 0.25) is 0 Å². The SMILES string of the molecule is C=Cc1cccc(-n2c3ccccc3c3c2ccc2c4ccccc4n(-c4cccc(C=C)c4)c23)c1. The van der Waals surface area contributed by atoms with Gasteiger partial charge in [-0.2, -0.15) is 0 Å². The highest BCUT2D eigenvalue weighted by molar-refractivity contribution is 6.26. The molecule has 36 heavy (non-hydrogen) atoms. The summed E-state index contributed by atoms with van der Waals surface area (Å²) in [5, 5.41) is 5.01. The maximum atomic E-state index is 4.00. The molecular weight excluding hydrogens is 436 g/mol. The summed E-state index contributed by atoms with van der Waals surface area (Å²) >= 11 is 0. The van der Waals surface area contributed by atoms with E-state index in [2.05, 4.69) is 131 Å². The van der Waals surface area contributed by atoms with Crippen molar-refractivity contribution in [2.75, 3.05) is 0 Å². The average Bonchev–Trinajstić information content (AvgIpc) is 3.46. The first-order valence-electron chi connectivity index (χ1n) is 12.2. The molecule has 7 aromatic rings. The summed E-state index contributed by atoms with van der Waals surface area (Å²) < 4.78 is 4.79. The van der Waals surface area contributed by atoms with Crippen LogP contribution >= 0.6 is 0 Å². The normalized spacial score (nSPS) is 11.6. The Balaban J connectivity index is 1.72. The molecule has 0 amide bonds. The first-order valence-corrected chi connectivity index (χ1v) is 12.2. The number of rotatable bonds is 4. The Hall–Kier alpha value is -4.82. The lowest BCUT2D eigenvalue weighted by atomic mass is 10.1. The third-order valence-corrected chi connectivity index (χ3v) is 7.20. The molecule has 2 aromatic heterocycles. The predicted molar refractivity (Wildman–Crippen MR) is 155 cm³/mol. The highest BCUT2D eigenvalue weighted by atomic mass is 15.0. The summed E-state index contributed by atoms with van der Waals surface area (Å²) in [6.07, 6.45) is 3.81. The zero-order valence-corrected chi connectivity index (χ0v) is 19.9. The minimum Gasteiger partial charge on any atom is -0.309 e. The van der Waals surface area contributed by atoms with Crippen molar-refractivity contribution in [3.05, 3.63) is 133 Å². The molecule has 0 aliphatic rings. The lowest BCUT2D eigenvalue weighted by Gasteiger charge is -2.11. The van der Waals surface area contributed by atoms with Gasteiger partial charge in [-0.1, -0.05) is 92.0 Å². The number of nitrogens with zero attached hydrogens (tertiary/aromatic N) is 2. The van der Waals surface area contributed by atoms with Crippen LogP contribution in [0.3, 0.4) is 0 Å². The van der Waals surface area contributed by atoms with Crippen LogP contribution in [0.1, 0.15) is 11.1 Å². The van der Waals surface area contributed by atoms with Crippen molar-refractivity contribution in [1.82, 2.24) is 9.13 Å². The monoisotopic (exact) mass is 460 g/mol. The first-order chi connectivity index (χ1) is 17.8. The zero-order valence-electron chi connectivity index (χ0n) is 19.9. The average molecular weight is 461 g/mol. The summed E-state index contributed by atoms with van der Waals surface area (Å²) in [5.74, 6) is 0. The van der Waals surface area contributed by atoms with Crippen molar-refractivity contribution in [3.8, 4) is 11.4 Å². The van der Waals surface area contributed by atoms with Crippen molar-refractivity contribution in [2.24, 2.45) is 0 Å². The topological polar surface area (TPSA) is 9.86 Å². The molecule has 5 aromatic carbocycles. The van der Waals surface area contributed by atoms with Crippen LogP contribution in [0.4, 0.5) is 0 Å². The molecular formula is C34H24N2. The number of fused-ring (bicyclic) bond motifs is 7. The number of aromatic nitrogens is 2. The van der Waals surface area contributed by atoms with E-state index in [1.54, 1.807) is 0 Å². The number of hydrogen-bond donors (Lipinski definition) is 0. The smallest absolute Gasteiger partial charge is 0.0641 e. The van der Waals surface area contributed by atoms with Crippen LogP contribution in [0.15, 0.2) is 122 Å². The third kappa shape index (κ3) is 2.85. The number of hydrogen-bond acceptors (Lipinski definition) is 0. The maximum Gasteiger partial charge on any atom is 0.0641 e. The second kappa shape index (κ2) is 7.86. The molecule has 0 N–H and O–H groups in total. The molecule has 0 atom stereocenters. The van der Waals surface area contributed by atoms with Crippen LogP contribution in [0, 0.1) is 0 Å². The van der Waals surface area contributed by atoms with Crippen LogP contribution in [0.5, 0.6) is 0 Å². The summed E-state index contributed by atoms with van der Waals surface area (Å²) in [5.41, 5.74) is 9.29. The molecule has 170 valence electrons. The Morgan fingerprint density at radius 2 is 1.06 bits per heavy atom. The van der Waals surface area contributed by atoms with Crippen molar-refractivity contribution in [1.29, 1.82) is 0 Å². The third-order valence-electron chi connectivity index (χ3n) is 7.20. The lowest BCUT2D eigenvalue weighted by molar-refractivity contribution is 1.17. The van der Waals surface area contributed by atoms with E-state index in [4.69, 9.17) is 0 Å². The van der Waals surface area contributed by atoms with Crippen molar-refractivity contribution >= 4 is 55.8 Å². The minimum atomic E-state index is 1.11. The van der Waals surface area contributed by atoms with Gasteiger partial charge in [-0.25, -0.2) is 0 Å². The van der Waals surface area contributed by atoms with Gasteiger partial charge in [0.05, 0.1) is 22.1 Å². The van der Waals surface area contributed by atoms with Crippen molar-refractivity contribution < 1.29 is 0 Å². The molecule has 7 rings (SSSR count). The molecule has 0 saturated heterocycles. The van der Waals surface area contributed by atoms with Crippen LogP contribution in [-0.2, 0) is 0 Å².